The fourth-order valence-corrected chi connectivity index (χ4v) is 3.44. The smallest absolute Gasteiger partial charge is 0.107 e. The zero-order valence-corrected chi connectivity index (χ0v) is 11.4. The van der Waals surface area contributed by atoms with Crippen LogP contribution in [0.5, 0.6) is 0 Å². The van der Waals surface area contributed by atoms with Crippen molar-refractivity contribution in [2.75, 3.05) is 5.32 Å². The van der Waals surface area contributed by atoms with Crippen LogP contribution in [0.1, 0.15) is 24.8 Å². The summed E-state index contributed by atoms with van der Waals surface area (Å²) in [7, 11) is 0. The molecule has 0 radical (unpaired) electrons. The summed E-state index contributed by atoms with van der Waals surface area (Å²) in [6, 6.07) is 6.01. The van der Waals surface area contributed by atoms with E-state index >= 15 is 0 Å². The Morgan fingerprint density at radius 1 is 1.44 bits per heavy atom. The van der Waals surface area contributed by atoms with Gasteiger partial charge < -0.3 is 15.8 Å². The largest absolute Gasteiger partial charge is 0.389 e. The number of fused-ring (bicyclic) bond motifs is 2. The average Bonchev–Trinajstić information content (AvgIpc) is 2.90. The van der Waals surface area contributed by atoms with Gasteiger partial charge in [0.25, 0.3) is 0 Å². The fraction of sp³-hybridized carbons (Fsp3) is 0.462. The van der Waals surface area contributed by atoms with E-state index in [-0.39, 0.29) is 0 Å². The third kappa shape index (κ3) is 2.09. The van der Waals surface area contributed by atoms with E-state index in [1.165, 1.54) is 6.42 Å². The number of hydrogen-bond donors (Lipinski definition) is 2. The van der Waals surface area contributed by atoms with Crippen LogP contribution in [0.25, 0.3) is 0 Å². The first-order valence-corrected chi connectivity index (χ1v) is 6.94. The molecule has 3 nitrogen and oxygen atoms in total. The van der Waals surface area contributed by atoms with Gasteiger partial charge in [-0.1, -0.05) is 29.9 Å². The number of hydrogen-bond acceptors (Lipinski definition) is 3. The van der Waals surface area contributed by atoms with E-state index in [0.717, 1.165) is 24.1 Å². The summed E-state index contributed by atoms with van der Waals surface area (Å²) in [6.45, 7) is 0. The Kier molecular flexibility index (Phi) is 3.18. The molecule has 0 spiro atoms. The van der Waals surface area contributed by atoms with Gasteiger partial charge in [0, 0.05) is 5.69 Å². The molecule has 0 amide bonds. The van der Waals surface area contributed by atoms with Crippen molar-refractivity contribution < 1.29 is 4.74 Å². The van der Waals surface area contributed by atoms with Crippen molar-refractivity contribution in [1.82, 2.24) is 0 Å². The summed E-state index contributed by atoms with van der Waals surface area (Å²) < 4.78 is 5.83. The number of nitrogens with two attached hydrogens (primary N) is 1. The Balaban J connectivity index is 1.84. The molecule has 0 aliphatic carbocycles. The zero-order chi connectivity index (χ0) is 12.7. The van der Waals surface area contributed by atoms with E-state index < -0.39 is 0 Å². The number of nitrogens with one attached hydrogen (secondary N) is 1. The van der Waals surface area contributed by atoms with Crippen LogP contribution in [0, 0.1) is 0 Å². The van der Waals surface area contributed by atoms with Gasteiger partial charge in [0.2, 0.25) is 0 Å². The Morgan fingerprint density at radius 3 is 2.89 bits per heavy atom. The van der Waals surface area contributed by atoms with Crippen LogP contribution in [0.15, 0.2) is 18.2 Å². The summed E-state index contributed by atoms with van der Waals surface area (Å²) in [5.74, 6) is 0. The highest BCUT2D eigenvalue weighted by Gasteiger charge is 2.40. The molecule has 1 aromatic rings. The predicted molar refractivity (Wildman–Crippen MR) is 77.3 cm³/mol. The Morgan fingerprint density at radius 2 is 2.28 bits per heavy atom. The van der Waals surface area contributed by atoms with Crippen LogP contribution in [-0.2, 0) is 4.74 Å². The molecule has 2 fully saturated rings. The maximum Gasteiger partial charge on any atom is 0.107 e. The third-order valence-corrected chi connectivity index (χ3v) is 4.23. The van der Waals surface area contributed by atoms with E-state index in [1.54, 1.807) is 6.07 Å². The average molecular weight is 283 g/mol. The van der Waals surface area contributed by atoms with Crippen molar-refractivity contribution in [2.24, 2.45) is 5.73 Å². The third-order valence-electron chi connectivity index (χ3n) is 3.71. The molecule has 2 aliphatic heterocycles. The number of benzene rings is 1. The monoisotopic (exact) mass is 282 g/mol. The number of thiocarbonyl (C=S) groups is 1. The minimum absolute atomic E-state index is 0.313. The lowest BCUT2D eigenvalue weighted by Crippen LogP contribution is -2.31. The highest BCUT2D eigenvalue weighted by atomic mass is 35.5. The van der Waals surface area contributed by atoms with Crippen molar-refractivity contribution >= 4 is 34.5 Å². The molecule has 1 aromatic carbocycles. The minimum atomic E-state index is 0.313. The van der Waals surface area contributed by atoms with Gasteiger partial charge in [0.15, 0.2) is 0 Å². The Hall–Kier alpha value is -0.840. The molecule has 2 heterocycles. The molecular weight excluding hydrogens is 268 g/mol. The molecule has 18 heavy (non-hydrogen) atoms. The van der Waals surface area contributed by atoms with Gasteiger partial charge in [-0.3, -0.25) is 0 Å². The second-order valence-electron chi connectivity index (χ2n) is 4.89. The van der Waals surface area contributed by atoms with Gasteiger partial charge >= 0.3 is 0 Å². The van der Waals surface area contributed by atoms with Gasteiger partial charge in [-0.15, -0.1) is 0 Å². The molecule has 96 valence electrons. The predicted octanol–water partition coefficient (Wildman–Crippen LogP) is 2.71. The summed E-state index contributed by atoms with van der Waals surface area (Å²) in [6.07, 6.45) is 4.09. The maximum absolute atomic E-state index is 6.15. The number of rotatable bonds is 3. The van der Waals surface area contributed by atoms with Crippen LogP contribution in [-0.4, -0.2) is 23.2 Å². The summed E-state index contributed by atoms with van der Waals surface area (Å²) in [4.78, 5) is 0.326. The second-order valence-corrected chi connectivity index (χ2v) is 5.73. The number of ether oxygens (including phenoxy) is 1. The normalized spacial score (nSPS) is 29.5. The number of anilines is 1. The molecular formula is C13H15ClN2OS. The molecule has 0 saturated carbocycles. The molecule has 2 saturated heterocycles. The van der Waals surface area contributed by atoms with Crippen molar-refractivity contribution in [3.8, 4) is 0 Å². The van der Waals surface area contributed by atoms with E-state index in [4.69, 9.17) is 34.3 Å². The highest BCUT2D eigenvalue weighted by Crippen LogP contribution is 2.37. The summed E-state index contributed by atoms with van der Waals surface area (Å²) >= 11 is 11.2. The second kappa shape index (κ2) is 4.68. The van der Waals surface area contributed by atoms with E-state index in [1.807, 2.05) is 12.1 Å². The molecule has 3 rings (SSSR count). The van der Waals surface area contributed by atoms with Gasteiger partial charge in [-0.25, -0.2) is 0 Å². The van der Waals surface area contributed by atoms with Crippen molar-refractivity contribution in [3.05, 3.63) is 28.8 Å². The van der Waals surface area contributed by atoms with Gasteiger partial charge in [0.05, 0.1) is 28.8 Å². The molecule has 2 aliphatic rings. The summed E-state index contributed by atoms with van der Waals surface area (Å²) in [5.41, 5.74) is 7.39. The minimum Gasteiger partial charge on any atom is -0.389 e. The Labute approximate surface area is 117 Å². The van der Waals surface area contributed by atoms with Crippen LogP contribution < -0.4 is 11.1 Å². The van der Waals surface area contributed by atoms with Crippen LogP contribution >= 0.6 is 23.8 Å². The Bertz CT molecular complexity index is 494. The van der Waals surface area contributed by atoms with E-state index in [9.17, 15) is 0 Å². The van der Waals surface area contributed by atoms with E-state index in [0.29, 0.717) is 28.3 Å². The number of halogens is 1. The van der Waals surface area contributed by atoms with Gasteiger partial charge in [-0.2, -0.15) is 0 Å². The first-order valence-electron chi connectivity index (χ1n) is 6.15. The van der Waals surface area contributed by atoms with Gasteiger partial charge in [0.1, 0.15) is 4.99 Å². The van der Waals surface area contributed by atoms with Crippen LogP contribution in [0.2, 0.25) is 5.02 Å². The fourth-order valence-electron chi connectivity index (χ4n) is 2.88. The lowest BCUT2D eigenvalue weighted by atomic mass is 9.95. The highest BCUT2D eigenvalue weighted by molar-refractivity contribution is 7.80. The molecule has 3 N–H and O–H groups in total. The maximum atomic E-state index is 6.15. The van der Waals surface area contributed by atoms with Crippen molar-refractivity contribution in [3.63, 3.8) is 0 Å². The van der Waals surface area contributed by atoms with Crippen molar-refractivity contribution in [1.29, 1.82) is 0 Å². The molecule has 2 bridgehead atoms. The first kappa shape index (κ1) is 12.2. The first-order chi connectivity index (χ1) is 8.65. The lowest BCUT2D eigenvalue weighted by Gasteiger charge is -2.23. The van der Waals surface area contributed by atoms with E-state index in [2.05, 4.69) is 5.32 Å². The van der Waals surface area contributed by atoms with Gasteiger partial charge in [-0.05, 0) is 31.4 Å². The molecule has 3 atom stereocenters. The van der Waals surface area contributed by atoms with Crippen LogP contribution in [0.3, 0.4) is 0 Å². The molecule has 3 unspecified atom stereocenters. The molecule has 5 heteroatoms. The summed E-state index contributed by atoms with van der Waals surface area (Å²) in [5, 5.41) is 4.08. The standard InChI is InChI=1S/C13H15ClN2OS/c14-8-2-1-3-9(12(8)13(15)18)16-10-6-7-4-5-11(10)17-7/h1-3,7,10-11,16H,4-6H2,(H2,15,18). The topological polar surface area (TPSA) is 47.3 Å². The quantitative estimate of drug-likeness (QED) is 0.837. The van der Waals surface area contributed by atoms with Crippen LogP contribution in [0.4, 0.5) is 5.69 Å². The molecule has 0 aromatic heterocycles. The SMILES string of the molecule is NC(=S)c1c(Cl)cccc1NC1CC2CCC1O2. The zero-order valence-electron chi connectivity index (χ0n) is 9.86. The van der Waals surface area contributed by atoms with Crippen molar-refractivity contribution in [2.45, 2.75) is 37.5 Å². The lowest BCUT2D eigenvalue weighted by molar-refractivity contribution is 0.102.